The smallest absolute Gasteiger partial charge is 0.204 e. The molecule has 0 fully saturated rings. The molecule has 0 saturated heterocycles. The van der Waals surface area contributed by atoms with Crippen LogP contribution >= 0.6 is 0 Å². The number of phenols is 1. The molecule has 2 heterocycles. The van der Waals surface area contributed by atoms with Crippen molar-refractivity contribution < 1.29 is 5.11 Å². The monoisotopic (exact) mass is 305 g/mol. The molecule has 114 valence electrons. The zero-order valence-electron chi connectivity index (χ0n) is 12.6. The number of fused-ring (bicyclic) bond motifs is 3. The number of aryl methyl sites for hydroxylation is 1. The first kappa shape index (κ1) is 13.5. The molecular formula is C17H15N5O. The Balaban J connectivity index is 1.98. The summed E-state index contributed by atoms with van der Waals surface area (Å²) in [5, 5.41) is 21.7. The van der Waals surface area contributed by atoms with Crippen molar-refractivity contribution >= 4 is 28.2 Å². The van der Waals surface area contributed by atoms with Gasteiger partial charge in [0.2, 0.25) is 5.65 Å². The molecule has 2 aromatic heterocycles. The van der Waals surface area contributed by atoms with Gasteiger partial charge in [-0.3, -0.25) is 4.40 Å². The van der Waals surface area contributed by atoms with Gasteiger partial charge >= 0.3 is 0 Å². The summed E-state index contributed by atoms with van der Waals surface area (Å²) in [6.07, 6.45) is 0.769. The summed E-state index contributed by atoms with van der Waals surface area (Å²) in [5.41, 5.74) is 3.03. The van der Waals surface area contributed by atoms with E-state index in [1.807, 2.05) is 41.7 Å². The van der Waals surface area contributed by atoms with E-state index in [0.29, 0.717) is 17.2 Å². The normalized spacial score (nSPS) is 11.2. The van der Waals surface area contributed by atoms with E-state index in [-0.39, 0.29) is 5.75 Å². The Bertz CT molecular complexity index is 1010. The second kappa shape index (κ2) is 5.24. The lowest BCUT2D eigenvalue weighted by atomic mass is 10.2. The lowest BCUT2D eigenvalue weighted by Crippen LogP contribution is -2.02. The van der Waals surface area contributed by atoms with E-state index in [2.05, 4.69) is 20.5 Å². The minimum atomic E-state index is 0.163. The zero-order chi connectivity index (χ0) is 15.8. The molecule has 6 nitrogen and oxygen atoms in total. The fourth-order valence-electron chi connectivity index (χ4n) is 2.66. The van der Waals surface area contributed by atoms with Gasteiger partial charge in [-0.1, -0.05) is 31.2 Å². The van der Waals surface area contributed by atoms with Crippen LogP contribution in [0.15, 0.2) is 48.5 Å². The Morgan fingerprint density at radius 2 is 1.83 bits per heavy atom. The first-order valence-corrected chi connectivity index (χ1v) is 7.45. The second-order valence-corrected chi connectivity index (χ2v) is 5.22. The van der Waals surface area contributed by atoms with E-state index >= 15 is 0 Å². The number of aromatic nitrogens is 4. The number of nitrogens with zero attached hydrogens (tertiary/aromatic N) is 4. The number of hydrogen-bond donors (Lipinski definition) is 2. The summed E-state index contributed by atoms with van der Waals surface area (Å²) in [4.78, 5) is 4.64. The lowest BCUT2D eigenvalue weighted by Gasteiger charge is -2.11. The Morgan fingerprint density at radius 3 is 2.65 bits per heavy atom. The Morgan fingerprint density at radius 1 is 1.04 bits per heavy atom. The number of rotatable bonds is 3. The molecule has 0 atom stereocenters. The highest BCUT2D eigenvalue weighted by Gasteiger charge is 2.14. The molecule has 0 radical (unpaired) electrons. The fraction of sp³-hybridized carbons (Fsp3) is 0.118. The molecule has 0 aliphatic carbocycles. The van der Waals surface area contributed by atoms with Gasteiger partial charge in [-0.2, -0.15) is 0 Å². The summed E-state index contributed by atoms with van der Waals surface area (Å²) in [6.45, 7) is 2.04. The maximum absolute atomic E-state index is 9.98. The molecule has 4 rings (SSSR count). The van der Waals surface area contributed by atoms with Crippen LogP contribution < -0.4 is 5.32 Å². The Hall–Kier alpha value is -3.15. The van der Waals surface area contributed by atoms with Crippen LogP contribution in [0.2, 0.25) is 0 Å². The highest BCUT2D eigenvalue weighted by Crippen LogP contribution is 2.28. The highest BCUT2D eigenvalue weighted by atomic mass is 16.3. The Labute approximate surface area is 132 Å². The van der Waals surface area contributed by atoms with Gasteiger partial charge < -0.3 is 10.4 Å². The molecule has 0 amide bonds. The lowest BCUT2D eigenvalue weighted by molar-refractivity contribution is 0.478. The molecule has 0 spiro atoms. The van der Waals surface area contributed by atoms with E-state index in [4.69, 9.17) is 0 Å². The van der Waals surface area contributed by atoms with E-state index < -0.39 is 0 Å². The third kappa shape index (κ3) is 2.15. The molecule has 0 bridgehead atoms. The third-order valence-electron chi connectivity index (χ3n) is 3.77. The van der Waals surface area contributed by atoms with Gasteiger partial charge in [0, 0.05) is 6.42 Å². The highest BCUT2D eigenvalue weighted by molar-refractivity contribution is 5.85. The molecular weight excluding hydrogens is 290 g/mol. The molecule has 0 unspecified atom stereocenters. The fourth-order valence-corrected chi connectivity index (χ4v) is 2.66. The van der Waals surface area contributed by atoms with Crippen molar-refractivity contribution in [2.24, 2.45) is 0 Å². The maximum atomic E-state index is 9.98. The van der Waals surface area contributed by atoms with Crippen LogP contribution in [0.25, 0.3) is 16.7 Å². The van der Waals surface area contributed by atoms with Crippen molar-refractivity contribution in [2.75, 3.05) is 5.32 Å². The summed E-state index contributed by atoms with van der Waals surface area (Å²) >= 11 is 0. The first-order chi connectivity index (χ1) is 11.3. The number of phenolic OH excluding ortho intramolecular Hbond substituents is 1. The number of para-hydroxylation sites is 4. The average Bonchev–Trinajstić information content (AvgIpc) is 3.02. The van der Waals surface area contributed by atoms with Crippen molar-refractivity contribution in [1.29, 1.82) is 0 Å². The molecule has 2 N–H and O–H groups in total. The number of hydrogen-bond acceptors (Lipinski definition) is 5. The predicted molar refractivity (Wildman–Crippen MR) is 89.1 cm³/mol. The van der Waals surface area contributed by atoms with Gasteiger partial charge in [0.25, 0.3) is 0 Å². The molecule has 23 heavy (non-hydrogen) atoms. The van der Waals surface area contributed by atoms with E-state index in [1.165, 1.54) is 0 Å². The predicted octanol–water partition coefficient (Wildman–Crippen LogP) is 3.29. The topological polar surface area (TPSA) is 75.3 Å². The van der Waals surface area contributed by atoms with Crippen LogP contribution in [0.4, 0.5) is 11.5 Å². The van der Waals surface area contributed by atoms with Crippen LogP contribution in [0.1, 0.15) is 12.7 Å². The summed E-state index contributed by atoms with van der Waals surface area (Å²) in [6, 6.07) is 14.9. The maximum Gasteiger partial charge on any atom is 0.204 e. The van der Waals surface area contributed by atoms with Crippen molar-refractivity contribution in [3.05, 3.63) is 54.4 Å². The van der Waals surface area contributed by atoms with Crippen LogP contribution in [0.5, 0.6) is 5.75 Å². The minimum Gasteiger partial charge on any atom is -0.506 e. The van der Waals surface area contributed by atoms with Gasteiger partial charge in [-0.05, 0) is 24.3 Å². The van der Waals surface area contributed by atoms with Crippen molar-refractivity contribution in [1.82, 2.24) is 19.6 Å². The SMILES string of the molecule is CCc1nnc2c(Nc3ccccc3O)nc3ccccc3n12. The van der Waals surface area contributed by atoms with Gasteiger partial charge in [0.15, 0.2) is 5.82 Å². The molecule has 0 aliphatic rings. The first-order valence-electron chi connectivity index (χ1n) is 7.45. The van der Waals surface area contributed by atoms with Gasteiger partial charge in [0.05, 0.1) is 16.7 Å². The molecule has 6 heteroatoms. The van der Waals surface area contributed by atoms with Gasteiger partial charge in [0.1, 0.15) is 11.6 Å². The number of aromatic hydroxyl groups is 1. The second-order valence-electron chi connectivity index (χ2n) is 5.22. The minimum absolute atomic E-state index is 0.163. The number of anilines is 2. The van der Waals surface area contributed by atoms with Crippen molar-refractivity contribution in [3.63, 3.8) is 0 Å². The summed E-state index contributed by atoms with van der Waals surface area (Å²) in [5.74, 6) is 1.60. The largest absolute Gasteiger partial charge is 0.506 e. The van der Waals surface area contributed by atoms with Crippen LogP contribution in [0, 0.1) is 0 Å². The molecule has 4 aromatic rings. The quantitative estimate of drug-likeness (QED) is 0.568. The molecule has 2 aromatic carbocycles. The van der Waals surface area contributed by atoms with Gasteiger partial charge in [-0.15, -0.1) is 10.2 Å². The summed E-state index contributed by atoms with van der Waals surface area (Å²) in [7, 11) is 0. The van der Waals surface area contributed by atoms with Crippen LogP contribution in [0.3, 0.4) is 0 Å². The van der Waals surface area contributed by atoms with Gasteiger partial charge in [-0.25, -0.2) is 4.98 Å². The van der Waals surface area contributed by atoms with E-state index in [9.17, 15) is 5.11 Å². The summed E-state index contributed by atoms with van der Waals surface area (Å²) < 4.78 is 2.00. The average molecular weight is 305 g/mol. The van der Waals surface area contributed by atoms with E-state index in [0.717, 1.165) is 23.3 Å². The number of nitrogens with one attached hydrogen (secondary N) is 1. The molecule has 0 saturated carbocycles. The van der Waals surface area contributed by atoms with E-state index in [1.54, 1.807) is 18.2 Å². The van der Waals surface area contributed by atoms with Crippen LogP contribution in [-0.2, 0) is 6.42 Å². The molecule has 0 aliphatic heterocycles. The third-order valence-corrected chi connectivity index (χ3v) is 3.77. The Kier molecular flexibility index (Phi) is 3.08. The zero-order valence-corrected chi connectivity index (χ0v) is 12.6. The van der Waals surface area contributed by atoms with Crippen LogP contribution in [-0.4, -0.2) is 24.7 Å². The number of benzene rings is 2. The van der Waals surface area contributed by atoms with Crippen molar-refractivity contribution in [3.8, 4) is 5.75 Å². The van der Waals surface area contributed by atoms with Crippen molar-refractivity contribution in [2.45, 2.75) is 13.3 Å². The standard InChI is InChI=1S/C17H15N5O/c1-2-15-20-21-17-16(19-12-8-4-6-10-14(12)23)18-11-7-3-5-9-13(11)22(15)17/h3-10,23H,2H2,1H3,(H,18,19).